The Morgan fingerprint density at radius 2 is 1.92 bits per heavy atom. The van der Waals surface area contributed by atoms with Gasteiger partial charge in [0.25, 0.3) is 0 Å². The summed E-state index contributed by atoms with van der Waals surface area (Å²) in [4.78, 5) is 14.4. The summed E-state index contributed by atoms with van der Waals surface area (Å²) in [6.45, 7) is 1.32. The quantitative estimate of drug-likeness (QED) is 0.855. The molecule has 1 unspecified atom stereocenters. The number of aliphatic carboxylic acids is 1. The Morgan fingerprint density at radius 3 is 2.46 bits per heavy atom. The number of carboxylic acids is 1. The molecule has 0 amide bonds. The van der Waals surface area contributed by atoms with Gasteiger partial charge in [-0.05, 0) is 25.1 Å². The van der Waals surface area contributed by atoms with Gasteiger partial charge >= 0.3 is 12.1 Å². The van der Waals surface area contributed by atoms with E-state index in [9.17, 15) is 18.0 Å². The van der Waals surface area contributed by atoms with Gasteiger partial charge in [-0.25, -0.2) is 9.78 Å². The molecule has 0 aliphatic heterocycles. The maximum atomic E-state index is 12.6. The molecule has 9 heteroatoms. The standard InChI is InChI=1S/C15H11ClF3NO4/c1-8(14(21)22)23-11-4-2-3-5-12(11)24-13-10(16)6-9(7-20-13)15(17,18)19/h2-8H,1H3,(H,21,22). The zero-order valence-electron chi connectivity index (χ0n) is 12.2. The number of hydrogen-bond acceptors (Lipinski definition) is 4. The highest BCUT2D eigenvalue weighted by Gasteiger charge is 2.32. The van der Waals surface area contributed by atoms with Crippen LogP contribution in [0.1, 0.15) is 12.5 Å². The van der Waals surface area contributed by atoms with Crippen LogP contribution in [0.3, 0.4) is 0 Å². The lowest BCUT2D eigenvalue weighted by Crippen LogP contribution is -2.23. The van der Waals surface area contributed by atoms with E-state index in [0.29, 0.717) is 12.3 Å². The molecule has 24 heavy (non-hydrogen) atoms. The lowest BCUT2D eigenvalue weighted by molar-refractivity contribution is -0.144. The van der Waals surface area contributed by atoms with Crippen molar-refractivity contribution in [2.45, 2.75) is 19.2 Å². The molecule has 1 aromatic carbocycles. The summed E-state index contributed by atoms with van der Waals surface area (Å²) >= 11 is 5.77. The Hall–Kier alpha value is -2.48. The molecule has 0 saturated carbocycles. The number of benzene rings is 1. The van der Waals surface area contributed by atoms with Crippen LogP contribution in [0.2, 0.25) is 5.02 Å². The van der Waals surface area contributed by atoms with Gasteiger partial charge < -0.3 is 14.6 Å². The fraction of sp³-hybridized carbons (Fsp3) is 0.200. The number of para-hydroxylation sites is 2. The summed E-state index contributed by atoms with van der Waals surface area (Å²) in [5, 5.41) is 8.53. The first kappa shape index (κ1) is 17.9. The summed E-state index contributed by atoms with van der Waals surface area (Å²) in [5.74, 6) is -1.29. The van der Waals surface area contributed by atoms with Crippen LogP contribution in [0, 0.1) is 0 Å². The molecule has 1 aromatic heterocycles. The van der Waals surface area contributed by atoms with Gasteiger partial charge in [-0.15, -0.1) is 0 Å². The van der Waals surface area contributed by atoms with E-state index in [-0.39, 0.29) is 22.4 Å². The number of ether oxygens (including phenoxy) is 2. The molecular formula is C15H11ClF3NO4. The van der Waals surface area contributed by atoms with Gasteiger partial charge in [-0.2, -0.15) is 13.2 Å². The maximum Gasteiger partial charge on any atom is 0.417 e. The van der Waals surface area contributed by atoms with E-state index in [0.717, 1.165) is 0 Å². The Kier molecular flexibility index (Phi) is 5.18. The molecule has 5 nitrogen and oxygen atoms in total. The molecule has 0 bridgehead atoms. The lowest BCUT2D eigenvalue weighted by atomic mass is 10.3. The summed E-state index contributed by atoms with van der Waals surface area (Å²) in [6, 6.07) is 6.74. The van der Waals surface area contributed by atoms with Gasteiger partial charge in [0, 0.05) is 6.20 Å². The van der Waals surface area contributed by atoms with Crippen LogP contribution in [-0.4, -0.2) is 22.2 Å². The minimum atomic E-state index is -4.58. The number of carbonyl (C=O) groups is 1. The van der Waals surface area contributed by atoms with Crippen LogP contribution in [0.25, 0.3) is 0 Å². The van der Waals surface area contributed by atoms with Crippen molar-refractivity contribution in [2.75, 3.05) is 0 Å². The number of halogens is 4. The third-order valence-corrected chi connectivity index (χ3v) is 3.11. The Morgan fingerprint density at radius 1 is 1.29 bits per heavy atom. The summed E-state index contributed by atoms with van der Waals surface area (Å²) in [7, 11) is 0. The number of pyridine rings is 1. The van der Waals surface area contributed by atoms with E-state index in [1.54, 1.807) is 12.1 Å². The zero-order chi connectivity index (χ0) is 17.9. The van der Waals surface area contributed by atoms with Crippen molar-refractivity contribution in [3.63, 3.8) is 0 Å². The normalized spacial score (nSPS) is 12.5. The largest absolute Gasteiger partial charge is 0.479 e. The number of alkyl halides is 3. The summed E-state index contributed by atoms with van der Waals surface area (Å²) in [5.41, 5.74) is -1.01. The predicted molar refractivity (Wildman–Crippen MR) is 78.5 cm³/mol. The molecule has 1 heterocycles. The predicted octanol–water partition coefficient (Wildman–Crippen LogP) is 4.40. The maximum absolute atomic E-state index is 12.6. The number of rotatable bonds is 5. The van der Waals surface area contributed by atoms with Gasteiger partial charge in [-0.1, -0.05) is 23.7 Å². The van der Waals surface area contributed by atoms with Crippen molar-refractivity contribution in [3.8, 4) is 17.4 Å². The van der Waals surface area contributed by atoms with E-state index < -0.39 is 23.8 Å². The molecule has 0 spiro atoms. The van der Waals surface area contributed by atoms with Gasteiger partial charge in [0.05, 0.1) is 5.56 Å². The molecule has 0 fully saturated rings. The highest BCUT2D eigenvalue weighted by molar-refractivity contribution is 6.31. The van der Waals surface area contributed by atoms with Crippen molar-refractivity contribution in [1.82, 2.24) is 4.98 Å². The fourth-order valence-electron chi connectivity index (χ4n) is 1.63. The highest BCUT2D eigenvalue weighted by Crippen LogP contribution is 2.37. The first-order valence-electron chi connectivity index (χ1n) is 6.57. The van der Waals surface area contributed by atoms with Crippen LogP contribution in [0.4, 0.5) is 13.2 Å². The van der Waals surface area contributed by atoms with E-state index >= 15 is 0 Å². The molecule has 1 atom stereocenters. The number of aromatic nitrogens is 1. The van der Waals surface area contributed by atoms with Crippen molar-refractivity contribution in [2.24, 2.45) is 0 Å². The Bertz CT molecular complexity index is 752. The van der Waals surface area contributed by atoms with Crippen LogP contribution < -0.4 is 9.47 Å². The zero-order valence-corrected chi connectivity index (χ0v) is 12.9. The van der Waals surface area contributed by atoms with E-state index in [1.165, 1.54) is 19.1 Å². The van der Waals surface area contributed by atoms with Crippen molar-refractivity contribution in [3.05, 3.63) is 47.1 Å². The third-order valence-electron chi connectivity index (χ3n) is 2.84. The van der Waals surface area contributed by atoms with E-state index in [2.05, 4.69) is 4.98 Å². The molecule has 0 aliphatic rings. The van der Waals surface area contributed by atoms with Crippen molar-refractivity contribution >= 4 is 17.6 Å². The first-order valence-corrected chi connectivity index (χ1v) is 6.95. The first-order chi connectivity index (χ1) is 11.2. The monoisotopic (exact) mass is 361 g/mol. The third kappa shape index (κ3) is 4.29. The van der Waals surface area contributed by atoms with E-state index in [4.69, 9.17) is 26.2 Å². The molecule has 2 rings (SSSR count). The van der Waals surface area contributed by atoms with E-state index in [1.807, 2.05) is 0 Å². The topological polar surface area (TPSA) is 68.7 Å². The second kappa shape index (κ2) is 6.96. The lowest BCUT2D eigenvalue weighted by Gasteiger charge is -2.15. The second-order valence-corrected chi connectivity index (χ2v) is 5.06. The van der Waals surface area contributed by atoms with Gasteiger partial charge in [-0.3, -0.25) is 0 Å². The van der Waals surface area contributed by atoms with Gasteiger partial charge in [0.2, 0.25) is 5.88 Å². The second-order valence-electron chi connectivity index (χ2n) is 4.66. The molecular weight excluding hydrogens is 351 g/mol. The molecule has 128 valence electrons. The molecule has 0 aliphatic carbocycles. The summed E-state index contributed by atoms with van der Waals surface area (Å²) < 4.78 is 48.4. The molecule has 0 radical (unpaired) electrons. The number of carboxylic acid groups (broad SMARTS) is 1. The average molecular weight is 362 g/mol. The van der Waals surface area contributed by atoms with Crippen LogP contribution in [0.5, 0.6) is 17.4 Å². The van der Waals surface area contributed by atoms with Crippen molar-refractivity contribution in [1.29, 1.82) is 0 Å². The number of hydrogen-bond donors (Lipinski definition) is 1. The fourth-order valence-corrected chi connectivity index (χ4v) is 1.84. The van der Waals surface area contributed by atoms with Crippen molar-refractivity contribution < 1.29 is 32.5 Å². The molecule has 0 saturated heterocycles. The van der Waals surface area contributed by atoms with Crippen LogP contribution >= 0.6 is 11.6 Å². The minimum Gasteiger partial charge on any atom is -0.479 e. The Labute approximate surface area is 139 Å². The van der Waals surface area contributed by atoms with Crippen LogP contribution in [0.15, 0.2) is 36.5 Å². The summed E-state index contributed by atoms with van der Waals surface area (Å²) in [6.07, 6.45) is -5.14. The average Bonchev–Trinajstić information content (AvgIpc) is 2.49. The minimum absolute atomic E-state index is 0.0692. The Balaban J connectivity index is 2.27. The SMILES string of the molecule is CC(Oc1ccccc1Oc1ncc(C(F)(F)F)cc1Cl)C(=O)O. The number of nitrogens with zero attached hydrogens (tertiary/aromatic N) is 1. The molecule has 1 N–H and O–H groups in total. The highest BCUT2D eigenvalue weighted by atomic mass is 35.5. The van der Waals surface area contributed by atoms with Gasteiger partial charge in [0.15, 0.2) is 17.6 Å². The van der Waals surface area contributed by atoms with Crippen LogP contribution in [-0.2, 0) is 11.0 Å². The molecule has 2 aromatic rings. The smallest absolute Gasteiger partial charge is 0.417 e. The van der Waals surface area contributed by atoms with Gasteiger partial charge in [0.1, 0.15) is 5.02 Å².